The van der Waals surface area contributed by atoms with Crippen molar-refractivity contribution < 1.29 is 18.0 Å². The number of alkyl halides is 3. The van der Waals surface area contributed by atoms with Crippen molar-refractivity contribution in [1.29, 1.82) is 0 Å². The first-order valence-corrected chi connectivity index (χ1v) is 4.50. The lowest BCUT2D eigenvalue weighted by molar-refractivity contribution is -0.137. The fraction of sp³-hybridized carbons (Fsp3) is 0.300. The van der Waals surface area contributed by atoms with E-state index in [4.69, 9.17) is 11.6 Å². The highest BCUT2D eigenvalue weighted by atomic mass is 35.5. The van der Waals surface area contributed by atoms with Gasteiger partial charge in [-0.3, -0.25) is 4.79 Å². The zero-order valence-electron chi connectivity index (χ0n) is 8.07. The molecule has 0 fully saturated rings. The van der Waals surface area contributed by atoms with Crippen molar-refractivity contribution in [2.75, 3.05) is 0 Å². The van der Waals surface area contributed by atoms with E-state index in [2.05, 4.69) is 0 Å². The van der Waals surface area contributed by atoms with E-state index in [0.717, 1.165) is 6.07 Å². The van der Waals surface area contributed by atoms with Crippen LogP contribution in [-0.4, -0.2) is 5.78 Å². The Morgan fingerprint density at radius 3 is 2.27 bits per heavy atom. The molecule has 0 aliphatic heterocycles. The molecular weight excluding hydrogens is 229 g/mol. The molecule has 0 saturated heterocycles. The molecule has 1 aromatic rings. The molecule has 0 amide bonds. The van der Waals surface area contributed by atoms with Crippen LogP contribution in [0.4, 0.5) is 13.2 Å². The number of carbonyl (C=O) groups is 1. The summed E-state index contributed by atoms with van der Waals surface area (Å²) in [5.74, 6) is -0.469. The number of aryl methyl sites for hydroxylation is 1. The lowest BCUT2D eigenvalue weighted by atomic mass is 10.0. The molecular formula is C10H8ClF3O. The molecule has 5 heteroatoms. The first-order chi connectivity index (χ1) is 6.75. The van der Waals surface area contributed by atoms with Crippen molar-refractivity contribution >= 4 is 17.4 Å². The van der Waals surface area contributed by atoms with Crippen LogP contribution in [0, 0.1) is 6.92 Å². The molecule has 0 saturated carbocycles. The molecule has 0 radical (unpaired) electrons. The summed E-state index contributed by atoms with van der Waals surface area (Å²) in [6.45, 7) is 2.73. The molecule has 1 aromatic carbocycles. The zero-order valence-corrected chi connectivity index (χ0v) is 8.83. The van der Waals surface area contributed by atoms with Gasteiger partial charge in [-0.1, -0.05) is 17.7 Å². The third kappa shape index (κ3) is 2.31. The van der Waals surface area contributed by atoms with Crippen LogP contribution in [0.3, 0.4) is 0 Å². The molecule has 0 aliphatic carbocycles. The van der Waals surface area contributed by atoms with E-state index < -0.39 is 22.5 Å². The summed E-state index contributed by atoms with van der Waals surface area (Å²) < 4.78 is 37.3. The van der Waals surface area contributed by atoms with Gasteiger partial charge < -0.3 is 0 Å². The maximum atomic E-state index is 12.4. The fourth-order valence-corrected chi connectivity index (χ4v) is 1.78. The summed E-state index contributed by atoms with van der Waals surface area (Å²) in [5, 5.41) is -0.519. The van der Waals surface area contributed by atoms with Gasteiger partial charge in [0.1, 0.15) is 0 Å². The lowest BCUT2D eigenvalue weighted by Gasteiger charge is -2.12. The van der Waals surface area contributed by atoms with Gasteiger partial charge in [-0.25, -0.2) is 0 Å². The Labute approximate surface area is 89.9 Å². The van der Waals surface area contributed by atoms with Crippen molar-refractivity contribution in [3.8, 4) is 0 Å². The Hall–Kier alpha value is -1.03. The van der Waals surface area contributed by atoms with Crippen molar-refractivity contribution in [2.24, 2.45) is 0 Å². The number of ketones is 1. The number of hydrogen-bond acceptors (Lipinski definition) is 1. The minimum Gasteiger partial charge on any atom is -0.294 e. The molecule has 0 aliphatic rings. The quantitative estimate of drug-likeness (QED) is 0.677. The Balaban J connectivity index is 3.49. The second kappa shape index (κ2) is 3.85. The molecule has 0 aromatic heterocycles. The molecule has 0 unspecified atom stereocenters. The minimum atomic E-state index is -4.53. The lowest BCUT2D eigenvalue weighted by Crippen LogP contribution is -2.09. The van der Waals surface area contributed by atoms with Crippen LogP contribution in [0.2, 0.25) is 5.02 Å². The van der Waals surface area contributed by atoms with Crippen molar-refractivity contribution in [3.05, 3.63) is 33.8 Å². The van der Waals surface area contributed by atoms with E-state index in [1.54, 1.807) is 6.92 Å². The number of Topliss-reactive ketones (excluding diaryl/α,β-unsaturated/α-hetero) is 1. The third-order valence-electron chi connectivity index (χ3n) is 2.01. The number of halogens is 4. The first-order valence-electron chi connectivity index (χ1n) is 4.12. The van der Waals surface area contributed by atoms with Crippen LogP contribution < -0.4 is 0 Å². The average molecular weight is 237 g/mol. The van der Waals surface area contributed by atoms with Crippen LogP contribution in [-0.2, 0) is 6.18 Å². The standard InChI is InChI=1S/C10H8ClF3O/c1-5-3-4-7(10(12,13)14)9(11)8(5)6(2)15/h3-4H,1-2H3. The van der Waals surface area contributed by atoms with Crippen molar-refractivity contribution in [2.45, 2.75) is 20.0 Å². The summed E-state index contributed by atoms with van der Waals surface area (Å²) in [5.41, 5.74) is -0.591. The molecule has 0 heterocycles. The highest BCUT2D eigenvalue weighted by Gasteiger charge is 2.34. The topological polar surface area (TPSA) is 17.1 Å². The summed E-state index contributed by atoms with van der Waals surface area (Å²) in [4.78, 5) is 11.1. The molecule has 0 spiro atoms. The Morgan fingerprint density at radius 1 is 1.33 bits per heavy atom. The molecule has 1 nitrogen and oxygen atoms in total. The van der Waals surface area contributed by atoms with Crippen LogP contribution >= 0.6 is 11.6 Å². The Kier molecular flexibility index (Phi) is 3.09. The number of carbonyl (C=O) groups excluding carboxylic acids is 1. The second-order valence-corrected chi connectivity index (χ2v) is 3.55. The molecule has 0 atom stereocenters. The first kappa shape index (κ1) is 12.0. The van der Waals surface area contributed by atoms with Crippen molar-refractivity contribution in [1.82, 2.24) is 0 Å². The van der Waals surface area contributed by atoms with Crippen LogP contribution in [0.5, 0.6) is 0 Å². The normalized spacial score (nSPS) is 11.6. The smallest absolute Gasteiger partial charge is 0.294 e. The number of rotatable bonds is 1. The van der Waals surface area contributed by atoms with E-state index in [0.29, 0.717) is 5.56 Å². The van der Waals surface area contributed by atoms with Gasteiger partial charge >= 0.3 is 6.18 Å². The highest BCUT2D eigenvalue weighted by molar-refractivity contribution is 6.34. The SMILES string of the molecule is CC(=O)c1c(C)ccc(C(F)(F)F)c1Cl. The fourth-order valence-electron chi connectivity index (χ4n) is 1.32. The number of benzene rings is 1. The largest absolute Gasteiger partial charge is 0.417 e. The third-order valence-corrected chi connectivity index (χ3v) is 2.40. The highest BCUT2D eigenvalue weighted by Crippen LogP contribution is 2.37. The van der Waals surface area contributed by atoms with Gasteiger partial charge in [-0.05, 0) is 25.5 Å². The summed E-state index contributed by atoms with van der Waals surface area (Å²) in [6.07, 6.45) is -4.53. The van der Waals surface area contributed by atoms with Gasteiger partial charge in [-0.15, -0.1) is 0 Å². The maximum Gasteiger partial charge on any atom is 0.417 e. The van der Waals surface area contributed by atoms with Gasteiger partial charge in [0, 0.05) is 5.56 Å². The Bertz CT molecular complexity index is 410. The van der Waals surface area contributed by atoms with Gasteiger partial charge in [0.25, 0.3) is 0 Å². The molecule has 82 valence electrons. The number of hydrogen-bond donors (Lipinski definition) is 0. The zero-order chi connectivity index (χ0) is 11.8. The summed E-state index contributed by atoms with van der Waals surface area (Å²) in [6, 6.07) is 2.12. The van der Waals surface area contributed by atoms with Crippen LogP contribution in [0.1, 0.15) is 28.4 Å². The molecule has 15 heavy (non-hydrogen) atoms. The average Bonchev–Trinajstić information content (AvgIpc) is 2.00. The van der Waals surface area contributed by atoms with E-state index in [9.17, 15) is 18.0 Å². The van der Waals surface area contributed by atoms with Crippen LogP contribution in [0.25, 0.3) is 0 Å². The monoisotopic (exact) mass is 236 g/mol. The van der Waals surface area contributed by atoms with E-state index >= 15 is 0 Å². The van der Waals surface area contributed by atoms with Gasteiger partial charge in [0.15, 0.2) is 5.78 Å². The summed E-state index contributed by atoms with van der Waals surface area (Å²) >= 11 is 5.55. The molecule has 1 rings (SSSR count). The van der Waals surface area contributed by atoms with E-state index in [1.165, 1.54) is 13.0 Å². The Morgan fingerprint density at radius 2 is 1.87 bits per heavy atom. The predicted molar refractivity (Wildman–Crippen MR) is 51.2 cm³/mol. The maximum absolute atomic E-state index is 12.4. The van der Waals surface area contributed by atoms with Crippen LogP contribution in [0.15, 0.2) is 12.1 Å². The van der Waals surface area contributed by atoms with E-state index in [1.807, 2.05) is 0 Å². The van der Waals surface area contributed by atoms with Gasteiger partial charge in [0.05, 0.1) is 10.6 Å². The van der Waals surface area contributed by atoms with E-state index in [-0.39, 0.29) is 5.56 Å². The predicted octanol–water partition coefficient (Wildman–Crippen LogP) is 3.87. The summed E-state index contributed by atoms with van der Waals surface area (Å²) in [7, 11) is 0. The van der Waals surface area contributed by atoms with Gasteiger partial charge in [0.2, 0.25) is 0 Å². The van der Waals surface area contributed by atoms with Crippen molar-refractivity contribution in [3.63, 3.8) is 0 Å². The second-order valence-electron chi connectivity index (χ2n) is 3.17. The minimum absolute atomic E-state index is 0.0634. The molecule has 0 N–H and O–H groups in total. The molecule has 0 bridgehead atoms. The van der Waals surface area contributed by atoms with Gasteiger partial charge in [-0.2, -0.15) is 13.2 Å².